The molecule has 1 saturated heterocycles. The highest BCUT2D eigenvalue weighted by molar-refractivity contribution is 6.30. The molecule has 128 valence electrons. The SMILES string of the molecule is Cl.N[C@@H]1CN(Cc2ccc(Cl)cc2[N+](=O)[O-])C[C@H]1c1ccccc1. The molecule has 1 heterocycles. The van der Waals surface area contributed by atoms with Crippen molar-refractivity contribution in [1.82, 2.24) is 4.90 Å². The molecule has 7 heteroatoms. The maximum atomic E-state index is 11.2. The van der Waals surface area contributed by atoms with Crippen LogP contribution in [-0.2, 0) is 6.54 Å². The van der Waals surface area contributed by atoms with Crippen LogP contribution in [-0.4, -0.2) is 29.0 Å². The van der Waals surface area contributed by atoms with E-state index in [4.69, 9.17) is 17.3 Å². The van der Waals surface area contributed by atoms with Gasteiger partial charge in [-0.3, -0.25) is 15.0 Å². The number of nitro groups is 1. The van der Waals surface area contributed by atoms with E-state index in [1.54, 1.807) is 12.1 Å². The average molecular weight is 368 g/mol. The molecular formula is C17H19Cl2N3O2. The maximum Gasteiger partial charge on any atom is 0.275 e. The van der Waals surface area contributed by atoms with Gasteiger partial charge >= 0.3 is 0 Å². The molecule has 2 atom stereocenters. The number of halogens is 2. The summed E-state index contributed by atoms with van der Waals surface area (Å²) in [4.78, 5) is 13.0. The number of nitrogens with zero attached hydrogens (tertiary/aromatic N) is 2. The predicted octanol–water partition coefficient (Wildman–Crippen LogP) is 3.60. The van der Waals surface area contributed by atoms with Crippen LogP contribution in [0.25, 0.3) is 0 Å². The third-order valence-electron chi connectivity index (χ3n) is 4.31. The van der Waals surface area contributed by atoms with Gasteiger partial charge in [-0.15, -0.1) is 12.4 Å². The minimum atomic E-state index is -0.383. The minimum Gasteiger partial charge on any atom is -0.326 e. The van der Waals surface area contributed by atoms with Crippen LogP contribution in [0.4, 0.5) is 5.69 Å². The van der Waals surface area contributed by atoms with Crippen molar-refractivity contribution < 1.29 is 4.92 Å². The molecule has 0 saturated carbocycles. The number of nitrogens with two attached hydrogens (primary N) is 1. The molecule has 0 spiro atoms. The highest BCUT2D eigenvalue weighted by Crippen LogP contribution is 2.30. The molecule has 1 aliphatic heterocycles. The lowest BCUT2D eigenvalue weighted by atomic mass is 9.95. The Bertz CT molecular complexity index is 712. The highest BCUT2D eigenvalue weighted by atomic mass is 35.5. The molecule has 5 nitrogen and oxygen atoms in total. The molecule has 0 bridgehead atoms. The Kier molecular flexibility index (Phi) is 6.18. The molecule has 1 aliphatic rings. The van der Waals surface area contributed by atoms with Gasteiger partial charge in [0.25, 0.3) is 5.69 Å². The second kappa shape index (κ2) is 7.94. The second-order valence-electron chi connectivity index (χ2n) is 5.91. The highest BCUT2D eigenvalue weighted by Gasteiger charge is 2.32. The fraction of sp³-hybridized carbons (Fsp3) is 0.294. The van der Waals surface area contributed by atoms with E-state index in [0.29, 0.717) is 17.1 Å². The Hall–Kier alpha value is -1.66. The van der Waals surface area contributed by atoms with Crippen molar-refractivity contribution in [2.24, 2.45) is 5.73 Å². The third-order valence-corrected chi connectivity index (χ3v) is 4.54. The van der Waals surface area contributed by atoms with Crippen LogP contribution >= 0.6 is 24.0 Å². The van der Waals surface area contributed by atoms with Gasteiger partial charge in [0.15, 0.2) is 0 Å². The molecular weight excluding hydrogens is 349 g/mol. The van der Waals surface area contributed by atoms with Gasteiger partial charge in [-0.25, -0.2) is 0 Å². The van der Waals surface area contributed by atoms with Gasteiger partial charge in [0.2, 0.25) is 0 Å². The van der Waals surface area contributed by atoms with Crippen LogP contribution in [0.5, 0.6) is 0 Å². The largest absolute Gasteiger partial charge is 0.326 e. The molecule has 0 aromatic heterocycles. The number of hydrogen-bond donors (Lipinski definition) is 1. The summed E-state index contributed by atoms with van der Waals surface area (Å²) in [5, 5.41) is 11.6. The number of rotatable bonds is 4. The van der Waals surface area contributed by atoms with Gasteiger partial charge in [-0.1, -0.05) is 41.9 Å². The Morgan fingerprint density at radius 3 is 2.58 bits per heavy atom. The van der Waals surface area contributed by atoms with Crippen molar-refractivity contribution >= 4 is 29.7 Å². The monoisotopic (exact) mass is 367 g/mol. The molecule has 0 amide bonds. The number of nitro benzene ring substituents is 1. The fourth-order valence-corrected chi connectivity index (χ4v) is 3.34. The molecule has 0 unspecified atom stereocenters. The van der Waals surface area contributed by atoms with Gasteiger partial charge in [-0.05, 0) is 17.7 Å². The van der Waals surface area contributed by atoms with Crippen LogP contribution in [0.1, 0.15) is 17.0 Å². The standard InChI is InChI=1S/C17H18ClN3O2.ClH/c18-14-7-6-13(17(8-14)21(22)23)9-20-10-15(16(19)11-20)12-4-2-1-3-5-12;/h1-8,15-16H,9-11,19H2;1H/t15-,16+;/m0./s1. The molecule has 24 heavy (non-hydrogen) atoms. The van der Waals surface area contributed by atoms with Crippen LogP contribution in [0.15, 0.2) is 48.5 Å². The van der Waals surface area contributed by atoms with E-state index in [1.807, 2.05) is 18.2 Å². The molecule has 3 rings (SSSR count). The first-order valence-electron chi connectivity index (χ1n) is 7.50. The summed E-state index contributed by atoms with van der Waals surface area (Å²) >= 11 is 5.87. The van der Waals surface area contributed by atoms with Crippen molar-refractivity contribution in [3.05, 3.63) is 74.8 Å². The van der Waals surface area contributed by atoms with Crippen LogP contribution in [0, 0.1) is 10.1 Å². The number of hydrogen-bond acceptors (Lipinski definition) is 4. The lowest BCUT2D eigenvalue weighted by Gasteiger charge is -2.16. The molecule has 0 radical (unpaired) electrons. The van der Waals surface area contributed by atoms with Crippen molar-refractivity contribution in [2.45, 2.75) is 18.5 Å². The minimum absolute atomic E-state index is 0. The zero-order valence-electron chi connectivity index (χ0n) is 13.0. The smallest absolute Gasteiger partial charge is 0.275 e. The molecule has 2 N–H and O–H groups in total. The Labute approximate surface area is 152 Å². The Morgan fingerprint density at radius 1 is 1.21 bits per heavy atom. The van der Waals surface area contributed by atoms with E-state index in [1.165, 1.54) is 11.6 Å². The summed E-state index contributed by atoms with van der Waals surface area (Å²) in [6, 6.07) is 15.0. The zero-order chi connectivity index (χ0) is 16.4. The summed E-state index contributed by atoms with van der Waals surface area (Å²) < 4.78 is 0. The fourth-order valence-electron chi connectivity index (χ4n) is 3.18. The van der Waals surface area contributed by atoms with E-state index in [-0.39, 0.29) is 35.0 Å². The topological polar surface area (TPSA) is 72.4 Å². The first kappa shape index (κ1) is 18.7. The van der Waals surface area contributed by atoms with Gasteiger partial charge in [0.1, 0.15) is 0 Å². The quantitative estimate of drug-likeness (QED) is 0.661. The van der Waals surface area contributed by atoms with E-state index >= 15 is 0 Å². The van der Waals surface area contributed by atoms with E-state index in [2.05, 4.69) is 17.0 Å². The van der Waals surface area contributed by atoms with Crippen molar-refractivity contribution in [3.63, 3.8) is 0 Å². The Morgan fingerprint density at radius 2 is 1.92 bits per heavy atom. The summed E-state index contributed by atoms with van der Waals surface area (Å²) in [6.07, 6.45) is 0. The van der Waals surface area contributed by atoms with E-state index in [9.17, 15) is 10.1 Å². The first-order chi connectivity index (χ1) is 11.0. The third kappa shape index (κ3) is 4.05. The second-order valence-corrected chi connectivity index (χ2v) is 6.34. The van der Waals surface area contributed by atoms with Gasteiger partial charge in [-0.2, -0.15) is 0 Å². The van der Waals surface area contributed by atoms with Crippen LogP contribution in [0.2, 0.25) is 5.02 Å². The summed E-state index contributed by atoms with van der Waals surface area (Å²) in [5.41, 5.74) is 8.23. The normalized spacial score (nSPS) is 20.6. The lowest BCUT2D eigenvalue weighted by Crippen LogP contribution is -2.28. The molecule has 2 aromatic rings. The molecule has 1 fully saturated rings. The predicted molar refractivity (Wildman–Crippen MR) is 97.8 cm³/mol. The van der Waals surface area contributed by atoms with Crippen LogP contribution in [0.3, 0.4) is 0 Å². The summed E-state index contributed by atoms with van der Waals surface area (Å²) in [5.74, 6) is 0.252. The lowest BCUT2D eigenvalue weighted by molar-refractivity contribution is -0.385. The van der Waals surface area contributed by atoms with Gasteiger partial charge < -0.3 is 5.73 Å². The van der Waals surface area contributed by atoms with Gasteiger partial charge in [0.05, 0.1) is 4.92 Å². The first-order valence-corrected chi connectivity index (χ1v) is 7.88. The maximum absolute atomic E-state index is 11.2. The van der Waals surface area contributed by atoms with Crippen LogP contribution < -0.4 is 5.73 Å². The number of benzene rings is 2. The Balaban J connectivity index is 0.00000208. The summed E-state index contributed by atoms with van der Waals surface area (Å²) in [6.45, 7) is 2.02. The average Bonchev–Trinajstić information content (AvgIpc) is 2.90. The summed E-state index contributed by atoms with van der Waals surface area (Å²) in [7, 11) is 0. The zero-order valence-corrected chi connectivity index (χ0v) is 14.5. The van der Waals surface area contributed by atoms with Crippen molar-refractivity contribution in [1.29, 1.82) is 0 Å². The molecule has 0 aliphatic carbocycles. The van der Waals surface area contributed by atoms with E-state index in [0.717, 1.165) is 13.1 Å². The number of likely N-dealkylation sites (tertiary alicyclic amines) is 1. The van der Waals surface area contributed by atoms with Crippen molar-refractivity contribution in [2.75, 3.05) is 13.1 Å². The van der Waals surface area contributed by atoms with Crippen molar-refractivity contribution in [3.8, 4) is 0 Å². The van der Waals surface area contributed by atoms with E-state index < -0.39 is 0 Å². The molecule has 2 aromatic carbocycles. The van der Waals surface area contributed by atoms with Gasteiger partial charge in [0, 0.05) is 48.2 Å².